The third kappa shape index (κ3) is 5.86. The number of benzene rings is 1. The van der Waals surface area contributed by atoms with E-state index < -0.39 is 0 Å². The molecular formula is C25H36N2O4. The van der Waals surface area contributed by atoms with Gasteiger partial charge in [-0.3, -0.25) is 14.5 Å². The molecule has 31 heavy (non-hydrogen) atoms. The van der Waals surface area contributed by atoms with E-state index in [1.807, 2.05) is 4.90 Å². The molecule has 2 heterocycles. The zero-order chi connectivity index (χ0) is 21.6. The monoisotopic (exact) mass is 428 g/mol. The number of amides is 1. The lowest BCUT2D eigenvalue weighted by atomic mass is 9.94. The lowest BCUT2D eigenvalue weighted by Crippen LogP contribution is -2.46. The van der Waals surface area contributed by atoms with Crippen LogP contribution < -0.4 is 0 Å². The van der Waals surface area contributed by atoms with Gasteiger partial charge in [0.2, 0.25) is 5.91 Å². The summed E-state index contributed by atoms with van der Waals surface area (Å²) in [6.45, 7) is 4.43. The Kier molecular flexibility index (Phi) is 7.62. The van der Waals surface area contributed by atoms with E-state index in [9.17, 15) is 9.59 Å². The maximum atomic E-state index is 12.9. The van der Waals surface area contributed by atoms with Crippen LogP contribution in [-0.2, 0) is 31.9 Å². The Morgan fingerprint density at radius 2 is 1.77 bits per heavy atom. The number of likely N-dealkylation sites (tertiary alicyclic amines) is 1. The minimum atomic E-state index is -0.323. The van der Waals surface area contributed by atoms with E-state index in [-0.39, 0.29) is 30.8 Å². The van der Waals surface area contributed by atoms with Crippen molar-refractivity contribution in [1.29, 1.82) is 0 Å². The molecule has 2 aliphatic heterocycles. The van der Waals surface area contributed by atoms with Crippen LogP contribution >= 0.6 is 0 Å². The highest BCUT2D eigenvalue weighted by molar-refractivity contribution is 5.81. The van der Waals surface area contributed by atoms with Crippen molar-refractivity contribution in [3.05, 3.63) is 35.4 Å². The molecule has 1 unspecified atom stereocenters. The lowest BCUT2D eigenvalue weighted by molar-refractivity contribution is -0.144. The number of hydrogen-bond acceptors (Lipinski definition) is 5. The average Bonchev–Trinajstić information content (AvgIpc) is 3.47. The fraction of sp³-hybridized carbons (Fsp3) is 0.680. The molecule has 1 amide bonds. The molecule has 6 nitrogen and oxygen atoms in total. The van der Waals surface area contributed by atoms with Gasteiger partial charge in [0.05, 0.1) is 19.6 Å². The fourth-order valence-electron chi connectivity index (χ4n) is 5.39. The summed E-state index contributed by atoms with van der Waals surface area (Å²) in [5.74, 6) is 0.245. The van der Waals surface area contributed by atoms with Gasteiger partial charge in [0.15, 0.2) is 0 Å². The topological polar surface area (TPSA) is 59.1 Å². The molecule has 0 bridgehead atoms. The molecule has 1 aliphatic carbocycles. The van der Waals surface area contributed by atoms with Gasteiger partial charge in [-0.25, -0.2) is 0 Å². The normalized spacial score (nSPS) is 22.4. The summed E-state index contributed by atoms with van der Waals surface area (Å²) in [5, 5.41) is 0. The number of methoxy groups -OCH3 is 1. The first-order chi connectivity index (χ1) is 15.1. The standard InChI is InChI=1S/C25H36N2O4/c1-30-25(29)9-8-24(28)27(18-23-7-4-14-31-23)17-19-10-12-26(13-11-19)22-15-20-5-2-3-6-21(20)16-22/h2-3,5-6,19,22-23H,4,7-18H2,1H3. The van der Waals surface area contributed by atoms with Crippen molar-refractivity contribution in [3.63, 3.8) is 0 Å². The fourth-order valence-corrected chi connectivity index (χ4v) is 5.39. The van der Waals surface area contributed by atoms with E-state index in [1.54, 1.807) is 0 Å². The van der Waals surface area contributed by atoms with Crippen LogP contribution in [0.15, 0.2) is 24.3 Å². The molecule has 0 aromatic heterocycles. The van der Waals surface area contributed by atoms with E-state index >= 15 is 0 Å². The SMILES string of the molecule is COC(=O)CCC(=O)N(CC1CCN(C2Cc3ccccc3C2)CC1)CC1CCCO1. The van der Waals surface area contributed by atoms with E-state index in [0.29, 0.717) is 18.5 Å². The molecule has 1 aromatic rings. The first-order valence-corrected chi connectivity index (χ1v) is 11.9. The number of ether oxygens (including phenoxy) is 2. The number of hydrogen-bond donors (Lipinski definition) is 0. The Morgan fingerprint density at radius 3 is 2.39 bits per heavy atom. The van der Waals surface area contributed by atoms with Crippen molar-refractivity contribution in [2.45, 2.75) is 63.5 Å². The Morgan fingerprint density at radius 1 is 1.06 bits per heavy atom. The summed E-state index contributed by atoms with van der Waals surface area (Å²) in [4.78, 5) is 29.0. The Labute approximate surface area is 185 Å². The summed E-state index contributed by atoms with van der Waals surface area (Å²) in [6, 6.07) is 9.46. The predicted octanol–water partition coefficient (Wildman–Crippen LogP) is 2.83. The third-order valence-corrected chi connectivity index (χ3v) is 7.24. The summed E-state index contributed by atoms with van der Waals surface area (Å²) in [7, 11) is 1.37. The van der Waals surface area contributed by atoms with E-state index in [1.165, 1.54) is 18.2 Å². The molecule has 0 N–H and O–H groups in total. The van der Waals surface area contributed by atoms with Crippen LogP contribution in [0.25, 0.3) is 0 Å². The van der Waals surface area contributed by atoms with Crippen molar-refractivity contribution in [2.75, 3.05) is 39.9 Å². The van der Waals surface area contributed by atoms with Gasteiger partial charge in [-0.2, -0.15) is 0 Å². The van der Waals surface area contributed by atoms with Crippen molar-refractivity contribution in [2.24, 2.45) is 5.92 Å². The zero-order valence-corrected chi connectivity index (χ0v) is 18.8. The second kappa shape index (κ2) is 10.6. The van der Waals surface area contributed by atoms with Crippen molar-refractivity contribution in [3.8, 4) is 0 Å². The molecule has 3 aliphatic rings. The lowest BCUT2D eigenvalue weighted by Gasteiger charge is -2.38. The molecule has 6 heteroatoms. The molecule has 2 saturated heterocycles. The smallest absolute Gasteiger partial charge is 0.306 e. The molecule has 0 saturated carbocycles. The molecule has 4 rings (SSSR count). The number of piperidine rings is 1. The summed E-state index contributed by atoms with van der Waals surface area (Å²) in [6.07, 6.45) is 7.17. The molecule has 2 fully saturated rings. The maximum absolute atomic E-state index is 12.9. The predicted molar refractivity (Wildman–Crippen MR) is 119 cm³/mol. The van der Waals surface area contributed by atoms with Gasteiger partial charge in [0, 0.05) is 32.2 Å². The zero-order valence-electron chi connectivity index (χ0n) is 18.8. The van der Waals surface area contributed by atoms with Crippen LogP contribution in [0, 0.1) is 5.92 Å². The molecule has 0 spiro atoms. The van der Waals surface area contributed by atoms with Crippen LogP contribution in [0.4, 0.5) is 0 Å². The highest BCUT2D eigenvalue weighted by Crippen LogP contribution is 2.29. The van der Waals surface area contributed by atoms with Crippen LogP contribution in [0.2, 0.25) is 0 Å². The highest BCUT2D eigenvalue weighted by atomic mass is 16.5. The Bertz CT molecular complexity index is 729. The highest BCUT2D eigenvalue weighted by Gasteiger charge is 2.31. The molecular weight excluding hydrogens is 392 g/mol. The van der Waals surface area contributed by atoms with E-state index in [0.717, 1.165) is 64.8 Å². The summed E-state index contributed by atoms with van der Waals surface area (Å²) in [5.41, 5.74) is 3.02. The van der Waals surface area contributed by atoms with Gasteiger partial charge >= 0.3 is 5.97 Å². The largest absolute Gasteiger partial charge is 0.469 e. The second-order valence-electron chi connectivity index (χ2n) is 9.32. The first-order valence-electron chi connectivity index (χ1n) is 11.9. The second-order valence-corrected chi connectivity index (χ2v) is 9.32. The van der Waals surface area contributed by atoms with Crippen molar-refractivity contribution < 1.29 is 19.1 Å². The van der Waals surface area contributed by atoms with Crippen LogP contribution in [0.5, 0.6) is 0 Å². The number of esters is 1. The molecule has 1 aromatic carbocycles. The number of carbonyl (C=O) groups excluding carboxylic acids is 2. The van der Waals surface area contributed by atoms with Gasteiger partial charge in [-0.1, -0.05) is 24.3 Å². The van der Waals surface area contributed by atoms with E-state index in [4.69, 9.17) is 9.47 Å². The first kappa shape index (κ1) is 22.3. The molecule has 170 valence electrons. The van der Waals surface area contributed by atoms with Gasteiger partial charge < -0.3 is 14.4 Å². The summed E-state index contributed by atoms with van der Waals surface area (Å²) < 4.78 is 10.5. The quantitative estimate of drug-likeness (QED) is 0.596. The Balaban J connectivity index is 1.28. The average molecular weight is 429 g/mol. The van der Waals surface area contributed by atoms with Gasteiger partial charge in [0.1, 0.15) is 0 Å². The number of rotatable bonds is 8. The van der Waals surface area contributed by atoms with Crippen molar-refractivity contribution >= 4 is 11.9 Å². The van der Waals surface area contributed by atoms with Crippen LogP contribution in [0.1, 0.15) is 49.7 Å². The molecule has 1 atom stereocenters. The number of fused-ring (bicyclic) bond motifs is 1. The Hall–Kier alpha value is -1.92. The summed E-state index contributed by atoms with van der Waals surface area (Å²) >= 11 is 0. The number of nitrogens with zero attached hydrogens (tertiary/aromatic N) is 2. The van der Waals surface area contributed by atoms with Gasteiger partial charge in [-0.05, 0) is 68.7 Å². The van der Waals surface area contributed by atoms with Gasteiger partial charge in [0.25, 0.3) is 0 Å². The van der Waals surface area contributed by atoms with Crippen molar-refractivity contribution in [1.82, 2.24) is 9.80 Å². The minimum Gasteiger partial charge on any atom is -0.469 e. The van der Waals surface area contributed by atoms with Crippen LogP contribution in [0.3, 0.4) is 0 Å². The number of carbonyl (C=O) groups is 2. The molecule has 0 radical (unpaired) electrons. The minimum absolute atomic E-state index is 0.0505. The maximum Gasteiger partial charge on any atom is 0.306 e. The van der Waals surface area contributed by atoms with Gasteiger partial charge in [-0.15, -0.1) is 0 Å². The van der Waals surface area contributed by atoms with Crippen LogP contribution in [-0.4, -0.2) is 73.7 Å². The van der Waals surface area contributed by atoms with E-state index in [2.05, 4.69) is 29.2 Å². The third-order valence-electron chi connectivity index (χ3n) is 7.24.